The number of thioether (sulfide) groups is 1. The summed E-state index contributed by atoms with van der Waals surface area (Å²) in [5.74, 6) is 0.114. The number of aryl methyl sites for hydroxylation is 2. The minimum atomic E-state index is -0.190. The van der Waals surface area contributed by atoms with Gasteiger partial charge >= 0.3 is 0 Å². The third-order valence-corrected chi connectivity index (χ3v) is 4.05. The third-order valence-electron chi connectivity index (χ3n) is 3.07. The fourth-order valence-corrected chi connectivity index (χ4v) is 2.71. The van der Waals surface area contributed by atoms with Crippen LogP contribution in [0.15, 0.2) is 41.7 Å². The molecule has 104 valence electrons. The fraction of sp³-hybridized carbons (Fsp3) is 0.312. The highest BCUT2D eigenvalue weighted by Crippen LogP contribution is 2.22. The average molecular weight is 286 g/mol. The van der Waals surface area contributed by atoms with Gasteiger partial charge in [-0.3, -0.25) is 4.79 Å². The van der Waals surface area contributed by atoms with Crippen LogP contribution in [0.5, 0.6) is 0 Å². The van der Waals surface area contributed by atoms with Gasteiger partial charge in [-0.05, 0) is 31.9 Å². The quantitative estimate of drug-likeness (QED) is 0.477. The Labute approximate surface area is 123 Å². The summed E-state index contributed by atoms with van der Waals surface area (Å²) in [6.07, 6.45) is 2.70. The van der Waals surface area contributed by atoms with Crippen molar-refractivity contribution in [2.24, 2.45) is 0 Å². The molecule has 20 heavy (non-hydrogen) atoms. The van der Waals surface area contributed by atoms with Crippen molar-refractivity contribution in [1.82, 2.24) is 9.97 Å². The van der Waals surface area contributed by atoms with Crippen LogP contribution in [0.3, 0.4) is 0 Å². The second-order valence-electron chi connectivity index (χ2n) is 4.66. The molecule has 1 aromatic heterocycles. The predicted octanol–water partition coefficient (Wildman–Crippen LogP) is 3.71. The number of carbonyl (C=O) groups excluding carboxylic acids is 1. The normalized spacial score (nSPS) is 12.2. The highest BCUT2D eigenvalue weighted by molar-refractivity contribution is 8.00. The first-order valence-corrected chi connectivity index (χ1v) is 7.57. The molecule has 0 bridgehead atoms. The molecule has 1 atom stereocenters. The molecule has 4 heteroatoms. The molecular weight excluding hydrogens is 268 g/mol. The Morgan fingerprint density at radius 1 is 1.25 bits per heavy atom. The van der Waals surface area contributed by atoms with E-state index in [9.17, 15) is 4.79 Å². The number of nitrogens with zero attached hydrogens (tertiary/aromatic N) is 2. The number of rotatable bonds is 5. The summed E-state index contributed by atoms with van der Waals surface area (Å²) < 4.78 is 0. The van der Waals surface area contributed by atoms with Crippen LogP contribution >= 0.6 is 11.8 Å². The number of benzene rings is 1. The number of ketones is 1. The lowest BCUT2D eigenvalue weighted by molar-refractivity contribution is 0.0994. The standard InChI is InChI=1S/C16H18N2OS/c1-4-13-5-7-14(8-6-13)15(19)12(3)20-16-17-10-9-11(2)18-16/h5-10,12H,4H2,1-3H3. The average Bonchev–Trinajstić information content (AvgIpc) is 2.46. The Kier molecular flexibility index (Phi) is 4.90. The van der Waals surface area contributed by atoms with Crippen LogP contribution in [0, 0.1) is 6.92 Å². The largest absolute Gasteiger partial charge is 0.293 e. The molecule has 0 spiro atoms. The van der Waals surface area contributed by atoms with E-state index in [1.165, 1.54) is 17.3 Å². The Morgan fingerprint density at radius 3 is 2.55 bits per heavy atom. The second-order valence-corrected chi connectivity index (χ2v) is 5.96. The van der Waals surface area contributed by atoms with Crippen LogP contribution in [0.2, 0.25) is 0 Å². The molecule has 2 rings (SSSR count). The molecule has 0 aliphatic carbocycles. The van der Waals surface area contributed by atoms with E-state index in [2.05, 4.69) is 16.9 Å². The van der Waals surface area contributed by atoms with E-state index in [1.807, 2.05) is 44.2 Å². The lowest BCUT2D eigenvalue weighted by atomic mass is 10.1. The zero-order valence-electron chi connectivity index (χ0n) is 12.0. The molecule has 2 aromatic rings. The predicted molar refractivity (Wildman–Crippen MR) is 82.2 cm³/mol. The number of Topliss-reactive ketones (excluding diaryl/α,β-unsaturated/α-hetero) is 1. The molecule has 1 heterocycles. The highest BCUT2D eigenvalue weighted by Gasteiger charge is 2.17. The van der Waals surface area contributed by atoms with Crippen molar-refractivity contribution in [3.63, 3.8) is 0 Å². The summed E-state index contributed by atoms with van der Waals surface area (Å²) in [5, 5.41) is 0.459. The molecule has 3 nitrogen and oxygen atoms in total. The van der Waals surface area contributed by atoms with Crippen molar-refractivity contribution in [2.45, 2.75) is 37.6 Å². The number of hydrogen-bond donors (Lipinski definition) is 0. The van der Waals surface area contributed by atoms with Crippen LogP contribution in [0.25, 0.3) is 0 Å². The maximum atomic E-state index is 12.4. The topological polar surface area (TPSA) is 42.9 Å². The molecule has 0 saturated heterocycles. The van der Waals surface area contributed by atoms with Crippen LogP contribution in [-0.4, -0.2) is 21.0 Å². The van der Waals surface area contributed by atoms with E-state index in [-0.39, 0.29) is 11.0 Å². The van der Waals surface area contributed by atoms with Gasteiger partial charge in [0.15, 0.2) is 10.9 Å². The molecule has 0 saturated carbocycles. The van der Waals surface area contributed by atoms with Gasteiger partial charge < -0.3 is 0 Å². The summed E-state index contributed by atoms with van der Waals surface area (Å²) in [7, 11) is 0. The first kappa shape index (κ1) is 14.7. The van der Waals surface area contributed by atoms with Gasteiger partial charge in [0, 0.05) is 17.5 Å². The Bertz CT molecular complexity index is 596. The van der Waals surface area contributed by atoms with Crippen molar-refractivity contribution in [2.75, 3.05) is 0 Å². The van der Waals surface area contributed by atoms with Gasteiger partial charge in [-0.1, -0.05) is 43.0 Å². The zero-order chi connectivity index (χ0) is 14.5. The second kappa shape index (κ2) is 6.66. The van der Waals surface area contributed by atoms with E-state index < -0.39 is 0 Å². The number of carbonyl (C=O) groups is 1. The lowest BCUT2D eigenvalue weighted by Crippen LogP contribution is -2.14. The first-order valence-electron chi connectivity index (χ1n) is 6.69. The molecular formula is C16H18N2OS. The van der Waals surface area contributed by atoms with Gasteiger partial charge in [-0.15, -0.1) is 0 Å². The van der Waals surface area contributed by atoms with Gasteiger partial charge in [0.05, 0.1) is 5.25 Å². The van der Waals surface area contributed by atoms with Gasteiger partial charge in [0.2, 0.25) is 0 Å². The Hall–Kier alpha value is -1.68. The maximum Gasteiger partial charge on any atom is 0.188 e. The first-order chi connectivity index (χ1) is 9.60. The van der Waals surface area contributed by atoms with E-state index in [0.717, 1.165) is 17.7 Å². The maximum absolute atomic E-state index is 12.4. The van der Waals surface area contributed by atoms with Crippen molar-refractivity contribution in [1.29, 1.82) is 0 Å². The Balaban J connectivity index is 2.07. The van der Waals surface area contributed by atoms with Crippen LogP contribution < -0.4 is 0 Å². The van der Waals surface area contributed by atoms with Crippen molar-refractivity contribution >= 4 is 17.5 Å². The summed E-state index contributed by atoms with van der Waals surface area (Å²) >= 11 is 1.40. The minimum absolute atomic E-state index is 0.114. The fourth-order valence-electron chi connectivity index (χ4n) is 1.83. The van der Waals surface area contributed by atoms with Gasteiger partial charge in [0.1, 0.15) is 0 Å². The van der Waals surface area contributed by atoms with Gasteiger partial charge in [-0.2, -0.15) is 0 Å². The molecule has 0 radical (unpaired) electrons. The highest BCUT2D eigenvalue weighted by atomic mass is 32.2. The molecule has 0 aliphatic heterocycles. The van der Waals surface area contributed by atoms with E-state index in [0.29, 0.717) is 5.16 Å². The summed E-state index contributed by atoms with van der Waals surface area (Å²) in [4.78, 5) is 20.9. The summed E-state index contributed by atoms with van der Waals surface area (Å²) in [5.41, 5.74) is 2.90. The van der Waals surface area contributed by atoms with Crippen LogP contribution in [0.1, 0.15) is 35.5 Å². The van der Waals surface area contributed by atoms with Crippen molar-refractivity contribution in [3.8, 4) is 0 Å². The van der Waals surface area contributed by atoms with E-state index in [1.54, 1.807) is 6.20 Å². The summed E-state index contributed by atoms with van der Waals surface area (Å²) in [6.45, 7) is 5.92. The number of aromatic nitrogens is 2. The molecule has 1 aromatic carbocycles. The smallest absolute Gasteiger partial charge is 0.188 e. The van der Waals surface area contributed by atoms with Crippen molar-refractivity contribution in [3.05, 3.63) is 53.3 Å². The SMILES string of the molecule is CCc1ccc(C(=O)C(C)Sc2nccc(C)n2)cc1. The van der Waals surface area contributed by atoms with Crippen molar-refractivity contribution < 1.29 is 4.79 Å². The zero-order valence-corrected chi connectivity index (χ0v) is 12.8. The number of hydrogen-bond acceptors (Lipinski definition) is 4. The minimum Gasteiger partial charge on any atom is -0.293 e. The van der Waals surface area contributed by atoms with E-state index in [4.69, 9.17) is 0 Å². The molecule has 0 aliphatic rings. The monoisotopic (exact) mass is 286 g/mol. The molecule has 0 N–H and O–H groups in total. The van der Waals surface area contributed by atoms with Crippen LogP contribution in [-0.2, 0) is 6.42 Å². The third kappa shape index (κ3) is 3.67. The van der Waals surface area contributed by atoms with Crippen LogP contribution in [0.4, 0.5) is 0 Å². The Morgan fingerprint density at radius 2 is 1.95 bits per heavy atom. The lowest BCUT2D eigenvalue weighted by Gasteiger charge is -2.09. The molecule has 0 fully saturated rings. The van der Waals surface area contributed by atoms with E-state index >= 15 is 0 Å². The van der Waals surface area contributed by atoms with Gasteiger partial charge in [-0.25, -0.2) is 9.97 Å². The van der Waals surface area contributed by atoms with Gasteiger partial charge in [0.25, 0.3) is 0 Å². The summed E-state index contributed by atoms with van der Waals surface area (Å²) in [6, 6.07) is 9.66. The molecule has 1 unspecified atom stereocenters. The molecule has 0 amide bonds.